The Morgan fingerprint density at radius 3 is 2.41 bits per heavy atom. The molecule has 1 aromatic heterocycles. The molecule has 1 fully saturated rings. The maximum atomic E-state index is 12.3. The highest BCUT2D eigenvalue weighted by atomic mass is 16.2. The van der Waals surface area contributed by atoms with E-state index < -0.39 is 0 Å². The van der Waals surface area contributed by atoms with E-state index in [0.29, 0.717) is 6.54 Å². The predicted octanol–water partition coefficient (Wildman–Crippen LogP) is 2.07. The minimum absolute atomic E-state index is 0.00359. The van der Waals surface area contributed by atoms with Gasteiger partial charge in [-0.3, -0.25) is 9.59 Å². The molecule has 0 atom stereocenters. The number of likely N-dealkylation sites (N-methyl/N-ethyl adjacent to an activating group) is 1. The van der Waals surface area contributed by atoms with Crippen molar-refractivity contribution in [2.45, 2.75) is 51.0 Å². The van der Waals surface area contributed by atoms with Crippen molar-refractivity contribution in [3.8, 4) is 0 Å². The SMILES string of the molecule is Cc1ccc(C(=O)NCC2(N(C)C)CCCCCC2)c(=O)[nH]1. The second-order valence-corrected chi connectivity index (χ2v) is 6.60. The lowest BCUT2D eigenvalue weighted by Crippen LogP contribution is -2.52. The molecule has 0 aliphatic heterocycles. The minimum Gasteiger partial charge on any atom is -0.350 e. The number of aryl methyl sites for hydroxylation is 1. The lowest BCUT2D eigenvalue weighted by Gasteiger charge is -2.39. The van der Waals surface area contributed by atoms with Crippen LogP contribution < -0.4 is 10.9 Å². The number of aromatic amines is 1. The van der Waals surface area contributed by atoms with Gasteiger partial charge in [0.05, 0.1) is 0 Å². The molecule has 2 N–H and O–H groups in total. The van der Waals surface area contributed by atoms with E-state index >= 15 is 0 Å². The van der Waals surface area contributed by atoms with Crippen LogP contribution in [0.25, 0.3) is 0 Å². The van der Waals surface area contributed by atoms with Gasteiger partial charge in [-0.1, -0.05) is 25.7 Å². The smallest absolute Gasteiger partial charge is 0.260 e. The highest BCUT2D eigenvalue weighted by molar-refractivity contribution is 5.93. The largest absolute Gasteiger partial charge is 0.350 e. The number of hydrogen-bond donors (Lipinski definition) is 2. The number of H-pyrrole nitrogens is 1. The van der Waals surface area contributed by atoms with Crippen LogP contribution in [-0.2, 0) is 0 Å². The molecular weight excluding hydrogens is 278 g/mol. The van der Waals surface area contributed by atoms with Gasteiger partial charge in [0.2, 0.25) is 0 Å². The average molecular weight is 305 g/mol. The monoisotopic (exact) mass is 305 g/mol. The summed E-state index contributed by atoms with van der Waals surface area (Å²) in [5, 5.41) is 2.98. The third-order valence-corrected chi connectivity index (χ3v) is 4.86. The number of aromatic nitrogens is 1. The normalized spacial score (nSPS) is 18.0. The van der Waals surface area contributed by atoms with E-state index in [4.69, 9.17) is 0 Å². The quantitative estimate of drug-likeness (QED) is 0.837. The van der Waals surface area contributed by atoms with Gasteiger partial charge in [0.1, 0.15) is 5.56 Å². The van der Waals surface area contributed by atoms with Crippen molar-refractivity contribution in [3.05, 3.63) is 33.7 Å². The zero-order valence-corrected chi connectivity index (χ0v) is 13.9. The van der Waals surface area contributed by atoms with Gasteiger partial charge < -0.3 is 15.2 Å². The fourth-order valence-electron chi connectivity index (χ4n) is 3.26. The summed E-state index contributed by atoms with van der Waals surface area (Å²) in [6, 6.07) is 3.35. The highest BCUT2D eigenvalue weighted by Crippen LogP contribution is 2.30. The number of nitrogens with one attached hydrogen (secondary N) is 2. The number of carbonyl (C=O) groups excluding carboxylic acids is 1. The Hall–Kier alpha value is -1.62. The first-order chi connectivity index (χ1) is 10.4. The molecule has 0 spiro atoms. The Kier molecular flexibility index (Phi) is 5.40. The molecule has 0 aromatic carbocycles. The molecule has 1 aromatic rings. The summed E-state index contributed by atoms with van der Waals surface area (Å²) in [6.07, 6.45) is 7.09. The van der Waals surface area contributed by atoms with Crippen molar-refractivity contribution in [3.63, 3.8) is 0 Å². The molecule has 0 bridgehead atoms. The first kappa shape index (κ1) is 16.7. The van der Waals surface area contributed by atoms with E-state index in [1.54, 1.807) is 19.1 Å². The first-order valence-electron chi connectivity index (χ1n) is 8.10. The first-order valence-corrected chi connectivity index (χ1v) is 8.10. The summed E-state index contributed by atoms with van der Waals surface area (Å²) in [6.45, 7) is 2.39. The second-order valence-electron chi connectivity index (χ2n) is 6.60. The van der Waals surface area contributed by atoms with Gasteiger partial charge in [0.25, 0.3) is 11.5 Å². The number of amides is 1. The molecular formula is C17H27N3O2. The third-order valence-electron chi connectivity index (χ3n) is 4.86. The van der Waals surface area contributed by atoms with Crippen LogP contribution in [0.15, 0.2) is 16.9 Å². The molecule has 2 rings (SSSR count). The molecule has 5 nitrogen and oxygen atoms in total. The molecule has 5 heteroatoms. The van der Waals surface area contributed by atoms with E-state index in [9.17, 15) is 9.59 Å². The Morgan fingerprint density at radius 1 is 1.23 bits per heavy atom. The van der Waals surface area contributed by atoms with E-state index in [1.807, 2.05) is 0 Å². The lowest BCUT2D eigenvalue weighted by atomic mass is 9.88. The molecule has 22 heavy (non-hydrogen) atoms. The van der Waals surface area contributed by atoms with Gasteiger partial charge in [-0.25, -0.2) is 0 Å². The van der Waals surface area contributed by atoms with Crippen LogP contribution in [0, 0.1) is 6.92 Å². The van der Waals surface area contributed by atoms with Gasteiger partial charge >= 0.3 is 0 Å². The van der Waals surface area contributed by atoms with Gasteiger partial charge in [-0.15, -0.1) is 0 Å². The summed E-state index contributed by atoms with van der Waals surface area (Å²) in [7, 11) is 4.16. The van der Waals surface area contributed by atoms with E-state index in [0.717, 1.165) is 18.5 Å². The van der Waals surface area contributed by atoms with Crippen molar-refractivity contribution in [2.24, 2.45) is 0 Å². The molecule has 1 amide bonds. The Labute approximate surface area is 132 Å². The number of rotatable bonds is 4. The van der Waals surface area contributed by atoms with E-state index in [-0.39, 0.29) is 22.6 Å². The van der Waals surface area contributed by atoms with Crippen LogP contribution in [0.2, 0.25) is 0 Å². The van der Waals surface area contributed by atoms with Crippen molar-refractivity contribution >= 4 is 5.91 Å². The van der Waals surface area contributed by atoms with Gasteiger partial charge in [-0.05, 0) is 46.0 Å². The number of nitrogens with zero attached hydrogens (tertiary/aromatic N) is 1. The topological polar surface area (TPSA) is 65.2 Å². The minimum atomic E-state index is -0.322. The van der Waals surface area contributed by atoms with Gasteiger partial charge in [-0.2, -0.15) is 0 Å². The zero-order valence-electron chi connectivity index (χ0n) is 13.9. The fraction of sp³-hybridized carbons (Fsp3) is 0.647. The molecule has 1 saturated carbocycles. The third kappa shape index (κ3) is 3.77. The summed E-state index contributed by atoms with van der Waals surface area (Å²) in [4.78, 5) is 29.1. The highest BCUT2D eigenvalue weighted by Gasteiger charge is 2.33. The summed E-state index contributed by atoms with van der Waals surface area (Å²) < 4.78 is 0. The number of pyridine rings is 1. The standard InChI is InChI=1S/C17H27N3O2/c1-13-8-9-14(16(22)19-13)15(21)18-12-17(20(2)3)10-6-4-5-7-11-17/h8-9H,4-7,10-12H2,1-3H3,(H,18,21)(H,19,22). The molecule has 122 valence electrons. The van der Waals surface area contributed by atoms with Crippen LogP contribution in [0.1, 0.15) is 54.6 Å². The summed E-state index contributed by atoms with van der Waals surface area (Å²) in [5.74, 6) is -0.285. The molecule has 1 heterocycles. The number of carbonyl (C=O) groups is 1. The van der Waals surface area contributed by atoms with Crippen LogP contribution in [0.4, 0.5) is 0 Å². The Balaban J connectivity index is 2.08. The maximum Gasteiger partial charge on any atom is 0.260 e. The van der Waals surface area contributed by atoms with E-state index in [1.165, 1.54) is 25.7 Å². The second kappa shape index (κ2) is 7.09. The van der Waals surface area contributed by atoms with Crippen molar-refractivity contribution < 1.29 is 4.79 Å². The molecule has 1 aliphatic rings. The average Bonchev–Trinajstić information content (AvgIpc) is 2.71. The molecule has 1 aliphatic carbocycles. The van der Waals surface area contributed by atoms with Crippen LogP contribution in [0.5, 0.6) is 0 Å². The van der Waals surface area contributed by atoms with Gasteiger partial charge in [0, 0.05) is 17.8 Å². The van der Waals surface area contributed by atoms with Crippen LogP contribution >= 0.6 is 0 Å². The summed E-state index contributed by atoms with van der Waals surface area (Å²) in [5.41, 5.74) is 0.629. The van der Waals surface area contributed by atoms with Gasteiger partial charge in [0.15, 0.2) is 0 Å². The molecule has 0 unspecified atom stereocenters. The Bertz CT molecular complexity index is 570. The van der Waals surface area contributed by atoms with Crippen molar-refractivity contribution in [1.82, 2.24) is 15.2 Å². The van der Waals surface area contributed by atoms with Crippen molar-refractivity contribution in [2.75, 3.05) is 20.6 Å². The van der Waals surface area contributed by atoms with Crippen LogP contribution in [0.3, 0.4) is 0 Å². The van der Waals surface area contributed by atoms with E-state index in [2.05, 4.69) is 29.3 Å². The summed E-state index contributed by atoms with van der Waals surface area (Å²) >= 11 is 0. The Morgan fingerprint density at radius 2 is 1.86 bits per heavy atom. The zero-order chi connectivity index (χ0) is 16.2. The van der Waals surface area contributed by atoms with Crippen molar-refractivity contribution in [1.29, 1.82) is 0 Å². The predicted molar refractivity (Wildman–Crippen MR) is 88.3 cm³/mol. The molecule has 0 saturated heterocycles. The number of hydrogen-bond acceptors (Lipinski definition) is 3. The maximum absolute atomic E-state index is 12.3. The fourth-order valence-corrected chi connectivity index (χ4v) is 3.26. The lowest BCUT2D eigenvalue weighted by molar-refractivity contribution is 0.0867. The molecule has 0 radical (unpaired) electrons. The van der Waals surface area contributed by atoms with Crippen LogP contribution in [-0.4, -0.2) is 42.0 Å².